The molecular formula is C11H21ClN2O5. The molecule has 0 fully saturated rings. The van der Waals surface area contributed by atoms with Gasteiger partial charge in [-0.05, 0) is 26.8 Å². The van der Waals surface area contributed by atoms with Crippen LogP contribution in [-0.4, -0.2) is 43.6 Å². The van der Waals surface area contributed by atoms with Crippen molar-refractivity contribution in [2.75, 3.05) is 19.8 Å². The van der Waals surface area contributed by atoms with Gasteiger partial charge in [0.15, 0.2) is 0 Å². The van der Waals surface area contributed by atoms with Crippen molar-refractivity contribution in [1.29, 1.82) is 0 Å². The van der Waals surface area contributed by atoms with Crippen molar-refractivity contribution >= 4 is 30.3 Å². The van der Waals surface area contributed by atoms with Crippen LogP contribution in [0.2, 0.25) is 0 Å². The Kier molecular flexibility index (Phi) is 12.3. The van der Waals surface area contributed by atoms with Crippen molar-refractivity contribution in [2.24, 2.45) is 5.73 Å². The summed E-state index contributed by atoms with van der Waals surface area (Å²) in [6.07, 6.45) is 0.621. The third-order valence-electron chi connectivity index (χ3n) is 1.96. The fraction of sp³-hybridized carbons (Fsp3) is 0.727. The predicted molar refractivity (Wildman–Crippen MR) is 70.7 cm³/mol. The first kappa shape index (κ1) is 20.0. The van der Waals surface area contributed by atoms with Gasteiger partial charge in [-0.1, -0.05) is 0 Å². The summed E-state index contributed by atoms with van der Waals surface area (Å²) in [5.74, 6) is -2.08. The SMILES string of the molecule is CCOC(=O)C(NC(=O)CCCN)C(=O)OCC.Cl. The van der Waals surface area contributed by atoms with Gasteiger partial charge >= 0.3 is 11.9 Å². The second-order valence-electron chi connectivity index (χ2n) is 3.40. The van der Waals surface area contributed by atoms with Crippen molar-refractivity contribution in [2.45, 2.75) is 32.7 Å². The van der Waals surface area contributed by atoms with Crippen molar-refractivity contribution in [1.82, 2.24) is 5.32 Å². The summed E-state index contributed by atoms with van der Waals surface area (Å²) in [4.78, 5) is 34.5. The minimum Gasteiger partial charge on any atom is -0.464 e. The Morgan fingerprint density at radius 1 is 1.11 bits per heavy atom. The maximum atomic E-state index is 11.5. The molecule has 8 heteroatoms. The molecule has 0 unspecified atom stereocenters. The predicted octanol–water partition coefficient (Wildman–Crippen LogP) is -0.242. The highest BCUT2D eigenvalue weighted by Gasteiger charge is 2.30. The number of ether oxygens (including phenoxy) is 2. The van der Waals surface area contributed by atoms with Gasteiger partial charge in [0, 0.05) is 6.42 Å². The summed E-state index contributed by atoms with van der Waals surface area (Å²) < 4.78 is 9.40. The highest BCUT2D eigenvalue weighted by Crippen LogP contribution is 1.96. The maximum Gasteiger partial charge on any atom is 0.340 e. The third-order valence-corrected chi connectivity index (χ3v) is 1.96. The molecular weight excluding hydrogens is 276 g/mol. The summed E-state index contributed by atoms with van der Waals surface area (Å²) in [6.45, 7) is 3.81. The number of hydrogen-bond donors (Lipinski definition) is 2. The zero-order chi connectivity index (χ0) is 14.0. The minimum absolute atomic E-state index is 0. The minimum atomic E-state index is -1.41. The summed E-state index contributed by atoms with van der Waals surface area (Å²) >= 11 is 0. The molecule has 112 valence electrons. The Morgan fingerprint density at radius 3 is 1.95 bits per heavy atom. The van der Waals surface area contributed by atoms with Gasteiger partial charge in [-0.3, -0.25) is 4.79 Å². The van der Waals surface area contributed by atoms with Crippen molar-refractivity contribution in [3.05, 3.63) is 0 Å². The van der Waals surface area contributed by atoms with E-state index in [0.717, 1.165) is 0 Å². The molecule has 0 aromatic heterocycles. The molecule has 0 aliphatic rings. The van der Waals surface area contributed by atoms with Crippen LogP contribution in [0.25, 0.3) is 0 Å². The van der Waals surface area contributed by atoms with E-state index < -0.39 is 23.9 Å². The lowest BCUT2D eigenvalue weighted by atomic mass is 10.2. The molecule has 19 heavy (non-hydrogen) atoms. The van der Waals surface area contributed by atoms with Gasteiger partial charge in [0.05, 0.1) is 13.2 Å². The van der Waals surface area contributed by atoms with Gasteiger partial charge in [0.25, 0.3) is 0 Å². The average Bonchev–Trinajstić information content (AvgIpc) is 2.33. The van der Waals surface area contributed by atoms with E-state index >= 15 is 0 Å². The van der Waals surface area contributed by atoms with Crippen LogP contribution < -0.4 is 11.1 Å². The van der Waals surface area contributed by atoms with E-state index in [0.29, 0.717) is 13.0 Å². The molecule has 0 aromatic carbocycles. The van der Waals surface area contributed by atoms with Crippen molar-refractivity contribution < 1.29 is 23.9 Å². The first-order valence-corrected chi connectivity index (χ1v) is 5.89. The normalized spacial score (nSPS) is 9.47. The standard InChI is InChI=1S/C11H20N2O5.ClH/c1-3-17-10(15)9(11(16)18-4-2)13-8(14)6-5-7-12;/h9H,3-7,12H2,1-2H3,(H,13,14);1H. The quantitative estimate of drug-likeness (QED) is 0.473. The summed E-state index contributed by atoms with van der Waals surface area (Å²) in [5, 5.41) is 2.28. The van der Waals surface area contributed by atoms with E-state index in [1.165, 1.54) is 0 Å². The first-order chi connectivity index (χ1) is 8.56. The van der Waals surface area contributed by atoms with Gasteiger partial charge in [-0.2, -0.15) is 0 Å². The average molecular weight is 297 g/mol. The highest BCUT2D eigenvalue weighted by molar-refractivity contribution is 6.02. The van der Waals surface area contributed by atoms with Crippen molar-refractivity contribution in [3.8, 4) is 0 Å². The third kappa shape index (κ3) is 8.39. The molecule has 0 spiro atoms. The molecule has 0 heterocycles. The number of carbonyl (C=O) groups excluding carboxylic acids is 3. The Morgan fingerprint density at radius 2 is 1.58 bits per heavy atom. The maximum absolute atomic E-state index is 11.5. The van der Waals surface area contributed by atoms with Crippen LogP contribution in [0.1, 0.15) is 26.7 Å². The van der Waals surface area contributed by atoms with Gasteiger partial charge in [0.1, 0.15) is 0 Å². The molecule has 0 bridgehead atoms. The van der Waals surface area contributed by atoms with E-state index in [-0.39, 0.29) is 32.0 Å². The molecule has 0 saturated carbocycles. The molecule has 0 radical (unpaired) electrons. The molecule has 0 rings (SSSR count). The molecule has 3 N–H and O–H groups in total. The molecule has 0 aromatic rings. The van der Waals surface area contributed by atoms with Crippen LogP contribution >= 0.6 is 12.4 Å². The molecule has 0 aliphatic carbocycles. The lowest BCUT2D eigenvalue weighted by molar-refractivity contribution is -0.159. The topological polar surface area (TPSA) is 108 Å². The second-order valence-corrected chi connectivity index (χ2v) is 3.40. The van der Waals surface area contributed by atoms with Crippen LogP contribution in [0, 0.1) is 0 Å². The van der Waals surface area contributed by atoms with Crippen molar-refractivity contribution in [3.63, 3.8) is 0 Å². The fourth-order valence-electron chi connectivity index (χ4n) is 1.16. The number of nitrogens with one attached hydrogen (secondary N) is 1. The van der Waals surface area contributed by atoms with Gasteiger partial charge in [-0.25, -0.2) is 9.59 Å². The number of carbonyl (C=O) groups is 3. The number of halogens is 1. The second kappa shape index (κ2) is 11.7. The van der Waals surface area contributed by atoms with Gasteiger partial charge < -0.3 is 20.5 Å². The van der Waals surface area contributed by atoms with Gasteiger partial charge in [0.2, 0.25) is 11.9 Å². The van der Waals surface area contributed by atoms with Gasteiger partial charge in [-0.15, -0.1) is 12.4 Å². The largest absolute Gasteiger partial charge is 0.464 e. The van der Waals surface area contributed by atoms with E-state index in [1.54, 1.807) is 13.8 Å². The van der Waals surface area contributed by atoms with E-state index in [2.05, 4.69) is 5.32 Å². The number of amides is 1. The Balaban J connectivity index is 0. The number of rotatable bonds is 8. The molecule has 0 saturated heterocycles. The summed E-state index contributed by atoms with van der Waals surface area (Å²) in [5.41, 5.74) is 5.26. The molecule has 1 amide bonds. The summed E-state index contributed by atoms with van der Waals surface area (Å²) in [7, 11) is 0. The number of esters is 2. The first-order valence-electron chi connectivity index (χ1n) is 5.89. The smallest absolute Gasteiger partial charge is 0.340 e. The highest BCUT2D eigenvalue weighted by atomic mass is 35.5. The Hall–Kier alpha value is -1.34. The van der Waals surface area contributed by atoms with E-state index in [1.807, 2.05) is 0 Å². The van der Waals surface area contributed by atoms with Crippen LogP contribution in [0.15, 0.2) is 0 Å². The zero-order valence-corrected chi connectivity index (χ0v) is 12.0. The van der Waals surface area contributed by atoms with Crippen LogP contribution in [0.3, 0.4) is 0 Å². The van der Waals surface area contributed by atoms with Crippen LogP contribution in [-0.2, 0) is 23.9 Å². The summed E-state index contributed by atoms with van der Waals surface area (Å²) in [6, 6.07) is -1.41. The number of hydrogen-bond acceptors (Lipinski definition) is 6. The van der Waals surface area contributed by atoms with Crippen LogP contribution in [0.4, 0.5) is 0 Å². The van der Waals surface area contributed by atoms with Crippen LogP contribution in [0.5, 0.6) is 0 Å². The van der Waals surface area contributed by atoms with E-state index in [4.69, 9.17) is 15.2 Å². The molecule has 0 atom stereocenters. The lowest BCUT2D eigenvalue weighted by Gasteiger charge is -2.15. The van der Waals surface area contributed by atoms with E-state index in [9.17, 15) is 14.4 Å². The Bertz CT molecular complexity index is 281. The Labute approximate surface area is 118 Å². The molecule has 0 aliphatic heterocycles. The monoisotopic (exact) mass is 296 g/mol. The fourth-order valence-corrected chi connectivity index (χ4v) is 1.16. The number of nitrogens with two attached hydrogens (primary N) is 1. The lowest BCUT2D eigenvalue weighted by Crippen LogP contribution is -2.48. The molecule has 7 nitrogen and oxygen atoms in total. The zero-order valence-electron chi connectivity index (χ0n) is 11.1.